The van der Waals surface area contributed by atoms with E-state index >= 15 is 0 Å². The minimum atomic E-state index is -2.86. The highest BCUT2D eigenvalue weighted by atomic mass is 32.2. The van der Waals surface area contributed by atoms with Crippen molar-refractivity contribution in [1.29, 1.82) is 0 Å². The van der Waals surface area contributed by atoms with Gasteiger partial charge >= 0.3 is 0 Å². The lowest BCUT2D eigenvalue weighted by atomic mass is 10.3. The van der Waals surface area contributed by atoms with Gasteiger partial charge < -0.3 is 10.2 Å². The third-order valence-corrected chi connectivity index (χ3v) is 4.94. The molecule has 1 fully saturated rings. The second-order valence-corrected chi connectivity index (χ2v) is 7.12. The molecule has 0 aliphatic carbocycles. The number of pyridine rings is 1. The first-order chi connectivity index (χ1) is 9.11. The smallest absolute Gasteiger partial charge is 0.152 e. The van der Waals surface area contributed by atoms with Crippen LogP contribution in [0, 0.1) is 0 Å². The van der Waals surface area contributed by atoms with Crippen LogP contribution in [-0.4, -0.2) is 44.5 Å². The fraction of sp³-hybridized carbons (Fsp3) is 0.615. The summed E-state index contributed by atoms with van der Waals surface area (Å²) in [5, 5.41) is 3.25. The Labute approximate surface area is 114 Å². The molecule has 0 amide bonds. The third-order valence-electron chi connectivity index (χ3n) is 3.22. The zero-order valence-electron chi connectivity index (χ0n) is 11.3. The highest BCUT2D eigenvalue weighted by Crippen LogP contribution is 2.19. The van der Waals surface area contributed by atoms with Gasteiger partial charge in [-0.15, -0.1) is 0 Å². The second-order valence-electron chi connectivity index (χ2n) is 4.82. The Morgan fingerprint density at radius 2 is 2.21 bits per heavy atom. The van der Waals surface area contributed by atoms with Crippen molar-refractivity contribution in [2.24, 2.45) is 0 Å². The van der Waals surface area contributed by atoms with Gasteiger partial charge in [0.25, 0.3) is 0 Å². The monoisotopic (exact) mass is 283 g/mol. The molecular formula is C13H21N3O2S. The number of nitrogens with zero attached hydrogens (tertiary/aromatic N) is 2. The van der Waals surface area contributed by atoms with E-state index in [1.54, 1.807) is 6.20 Å². The fourth-order valence-electron chi connectivity index (χ4n) is 2.16. The van der Waals surface area contributed by atoms with E-state index < -0.39 is 9.84 Å². The van der Waals surface area contributed by atoms with Crippen molar-refractivity contribution in [2.45, 2.75) is 19.8 Å². The van der Waals surface area contributed by atoms with Gasteiger partial charge in [-0.05, 0) is 18.9 Å². The Balaban J connectivity index is 2.08. The largest absolute Gasteiger partial charge is 0.370 e. The Kier molecular flexibility index (Phi) is 4.63. The molecular weight excluding hydrogens is 262 g/mol. The van der Waals surface area contributed by atoms with Crippen LogP contribution in [0.15, 0.2) is 18.3 Å². The summed E-state index contributed by atoms with van der Waals surface area (Å²) < 4.78 is 23.2. The van der Waals surface area contributed by atoms with E-state index in [1.807, 2.05) is 12.1 Å². The van der Waals surface area contributed by atoms with Crippen LogP contribution >= 0.6 is 0 Å². The molecule has 1 N–H and O–H groups in total. The van der Waals surface area contributed by atoms with Crippen LogP contribution in [0.1, 0.15) is 19.8 Å². The Bertz CT molecular complexity index is 516. The van der Waals surface area contributed by atoms with Crippen molar-refractivity contribution in [3.8, 4) is 0 Å². The Morgan fingerprint density at radius 3 is 3.00 bits per heavy atom. The molecule has 19 heavy (non-hydrogen) atoms. The summed E-state index contributed by atoms with van der Waals surface area (Å²) in [6.07, 6.45) is 3.52. The maximum Gasteiger partial charge on any atom is 0.152 e. The molecule has 0 bridgehead atoms. The summed E-state index contributed by atoms with van der Waals surface area (Å²) in [5.74, 6) is 1.40. The zero-order chi connectivity index (χ0) is 13.7. The van der Waals surface area contributed by atoms with Crippen molar-refractivity contribution in [1.82, 2.24) is 4.98 Å². The predicted molar refractivity (Wildman–Crippen MR) is 78.5 cm³/mol. The van der Waals surface area contributed by atoms with E-state index in [1.165, 1.54) is 0 Å². The molecule has 6 heteroatoms. The third kappa shape index (κ3) is 4.09. The van der Waals surface area contributed by atoms with Gasteiger partial charge in [-0.2, -0.15) is 0 Å². The van der Waals surface area contributed by atoms with E-state index in [2.05, 4.69) is 22.1 Å². The molecule has 106 valence electrons. The van der Waals surface area contributed by atoms with Crippen molar-refractivity contribution in [3.05, 3.63) is 18.3 Å². The molecule has 0 unspecified atom stereocenters. The summed E-state index contributed by atoms with van der Waals surface area (Å²) >= 11 is 0. The van der Waals surface area contributed by atoms with E-state index in [-0.39, 0.29) is 5.75 Å². The maximum absolute atomic E-state index is 11.6. The first kappa shape index (κ1) is 14.1. The Hall–Kier alpha value is -1.30. The Morgan fingerprint density at radius 1 is 1.37 bits per heavy atom. The van der Waals surface area contributed by atoms with Gasteiger partial charge in [-0.3, -0.25) is 0 Å². The summed E-state index contributed by atoms with van der Waals surface area (Å²) in [6, 6.07) is 3.93. The number of aromatic nitrogens is 1. The van der Waals surface area contributed by atoms with Crippen LogP contribution in [0.3, 0.4) is 0 Å². The van der Waals surface area contributed by atoms with Crippen LogP contribution in [0.4, 0.5) is 11.5 Å². The first-order valence-corrected chi connectivity index (χ1v) is 8.58. The highest BCUT2D eigenvalue weighted by Gasteiger charge is 2.19. The molecule has 0 saturated carbocycles. The van der Waals surface area contributed by atoms with Gasteiger partial charge in [0.1, 0.15) is 5.82 Å². The first-order valence-electron chi connectivity index (χ1n) is 6.76. The molecule has 0 radical (unpaired) electrons. The number of sulfone groups is 1. The lowest BCUT2D eigenvalue weighted by Crippen LogP contribution is -2.26. The topological polar surface area (TPSA) is 62.3 Å². The SMILES string of the molecule is CCCNc1cc(N2CCCS(=O)(=O)CC2)ccn1. The van der Waals surface area contributed by atoms with E-state index in [9.17, 15) is 8.42 Å². The van der Waals surface area contributed by atoms with E-state index in [0.29, 0.717) is 18.7 Å². The summed E-state index contributed by atoms with van der Waals surface area (Å²) in [6.45, 7) is 4.36. The van der Waals surface area contributed by atoms with Crippen LogP contribution in [0.5, 0.6) is 0 Å². The van der Waals surface area contributed by atoms with E-state index in [4.69, 9.17) is 0 Å². The maximum atomic E-state index is 11.6. The number of hydrogen-bond acceptors (Lipinski definition) is 5. The normalized spacial score (nSPS) is 18.9. The molecule has 0 spiro atoms. The van der Waals surface area contributed by atoms with Crippen molar-refractivity contribution < 1.29 is 8.42 Å². The van der Waals surface area contributed by atoms with Crippen LogP contribution < -0.4 is 10.2 Å². The zero-order valence-corrected chi connectivity index (χ0v) is 12.1. The van der Waals surface area contributed by atoms with Crippen LogP contribution in [0.25, 0.3) is 0 Å². The average Bonchev–Trinajstić information content (AvgIpc) is 2.58. The minimum absolute atomic E-state index is 0.243. The van der Waals surface area contributed by atoms with Gasteiger partial charge in [-0.1, -0.05) is 6.92 Å². The van der Waals surface area contributed by atoms with Gasteiger partial charge in [-0.25, -0.2) is 13.4 Å². The van der Waals surface area contributed by atoms with Gasteiger partial charge in [0.15, 0.2) is 9.84 Å². The van der Waals surface area contributed by atoms with Crippen LogP contribution in [-0.2, 0) is 9.84 Å². The number of nitrogens with one attached hydrogen (secondary N) is 1. The average molecular weight is 283 g/mol. The number of hydrogen-bond donors (Lipinski definition) is 1. The lowest BCUT2D eigenvalue weighted by Gasteiger charge is -2.22. The molecule has 1 aromatic heterocycles. The molecule has 1 aliphatic heterocycles. The number of rotatable bonds is 4. The quantitative estimate of drug-likeness (QED) is 0.908. The molecule has 2 rings (SSSR count). The van der Waals surface area contributed by atoms with Crippen molar-refractivity contribution in [2.75, 3.05) is 41.4 Å². The summed E-state index contributed by atoms with van der Waals surface area (Å²) in [4.78, 5) is 6.40. The molecule has 0 aromatic carbocycles. The van der Waals surface area contributed by atoms with Crippen molar-refractivity contribution in [3.63, 3.8) is 0 Å². The molecule has 0 atom stereocenters. The molecule has 1 saturated heterocycles. The second kappa shape index (κ2) is 6.23. The van der Waals surface area contributed by atoms with Gasteiger partial charge in [0.2, 0.25) is 0 Å². The van der Waals surface area contributed by atoms with E-state index in [0.717, 1.165) is 31.0 Å². The standard InChI is InChI=1S/C13H21N3O2S/c1-2-5-14-13-11-12(4-6-15-13)16-7-3-9-19(17,18)10-8-16/h4,6,11H,2-3,5,7-10H2,1H3,(H,14,15). The highest BCUT2D eigenvalue weighted by molar-refractivity contribution is 7.91. The molecule has 5 nitrogen and oxygen atoms in total. The summed E-state index contributed by atoms with van der Waals surface area (Å²) in [7, 11) is -2.86. The summed E-state index contributed by atoms with van der Waals surface area (Å²) in [5.41, 5.74) is 1.05. The van der Waals surface area contributed by atoms with Crippen molar-refractivity contribution >= 4 is 21.3 Å². The lowest BCUT2D eigenvalue weighted by molar-refractivity contribution is 0.597. The predicted octanol–water partition coefficient (Wildman–Crippen LogP) is 1.53. The van der Waals surface area contributed by atoms with Gasteiger partial charge in [0.05, 0.1) is 11.5 Å². The number of anilines is 2. The van der Waals surface area contributed by atoms with Crippen LogP contribution in [0.2, 0.25) is 0 Å². The molecule has 1 aromatic rings. The molecule has 1 aliphatic rings. The fourth-order valence-corrected chi connectivity index (χ4v) is 3.43. The molecule has 2 heterocycles. The minimum Gasteiger partial charge on any atom is -0.370 e. The van der Waals surface area contributed by atoms with Gasteiger partial charge in [0, 0.05) is 37.6 Å².